The largest absolute Gasteiger partial charge is 0.466 e. The molecule has 3 nitrogen and oxygen atoms in total. The first-order valence-electron chi connectivity index (χ1n) is 6.39. The van der Waals surface area contributed by atoms with Crippen LogP contribution in [0.1, 0.15) is 25.3 Å². The van der Waals surface area contributed by atoms with Gasteiger partial charge in [0.05, 0.1) is 11.6 Å². The van der Waals surface area contributed by atoms with Crippen molar-refractivity contribution in [1.82, 2.24) is 0 Å². The second-order valence-electron chi connectivity index (χ2n) is 5.02. The molecule has 2 rings (SSSR count). The molecule has 0 heterocycles. The zero-order valence-corrected chi connectivity index (χ0v) is 11.5. The molecule has 1 atom stereocenters. The molecule has 0 amide bonds. The van der Waals surface area contributed by atoms with E-state index < -0.39 is 0 Å². The van der Waals surface area contributed by atoms with Crippen LogP contribution in [0.15, 0.2) is 18.2 Å². The summed E-state index contributed by atoms with van der Waals surface area (Å²) in [7, 11) is 0. The van der Waals surface area contributed by atoms with Gasteiger partial charge in [0.25, 0.3) is 0 Å². The fraction of sp³-hybridized carbons (Fsp3) is 0.571. The van der Waals surface area contributed by atoms with E-state index in [9.17, 15) is 0 Å². The Morgan fingerprint density at radius 1 is 1.44 bits per heavy atom. The Bertz CT molecular complexity index is 391. The van der Waals surface area contributed by atoms with E-state index in [0.29, 0.717) is 10.8 Å². The molecule has 1 saturated carbocycles. The fourth-order valence-corrected chi connectivity index (χ4v) is 2.02. The quantitative estimate of drug-likeness (QED) is 0.611. The number of hydrogen-bond acceptors (Lipinski definition) is 3. The predicted molar refractivity (Wildman–Crippen MR) is 73.0 cm³/mol. The summed E-state index contributed by atoms with van der Waals surface area (Å²) in [5.74, 6) is 1.42. The van der Waals surface area contributed by atoms with Crippen LogP contribution in [0.2, 0.25) is 5.02 Å². The molecule has 1 aliphatic rings. The van der Waals surface area contributed by atoms with Gasteiger partial charge in [-0.3, -0.25) is 0 Å². The van der Waals surface area contributed by atoms with Gasteiger partial charge < -0.3 is 15.2 Å². The van der Waals surface area contributed by atoms with Gasteiger partial charge in [-0.15, -0.1) is 0 Å². The van der Waals surface area contributed by atoms with Crippen LogP contribution in [0, 0.1) is 5.92 Å². The van der Waals surface area contributed by atoms with Gasteiger partial charge in [0.1, 0.15) is 5.75 Å². The molecule has 1 aromatic carbocycles. The molecule has 1 unspecified atom stereocenters. The Morgan fingerprint density at radius 2 is 2.22 bits per heavy atom. The van der Waals surface area contributed by atoms with Crippen molar-refractivity contribution in [2.45, 2.75) is 32.2 Å². The van der Waals surface area contributed by atoms with Gasteiger partial charge in [0.2, 0.25) is 0 Å². The number of hydrogen-bond donors (Lipinski definition) is 1. The molecular formula is C14H20ClNO2. The highest BCUT2D eigenvalue weighted by atomic mass is 35.5. The van der Waals surface area contributed by atoms with Gasteiger partial charge in [-0.2, -0.15) is 0 Å². The van der Waals surface area contributed by atoms with Crippen molar-refractivity contribution in [3.63, 3.8) is 0 Å². The SMILES string of the molecule is CC(N)Cc1ccc(OCOCC2CC2)c(Cl)c1. The first kappa shape index (κ1) is 13.7. The van der Waals surface area contributed by atoms with Gasteiger partial charge in [0, 0.05) is 6.04 Å². The highest BCUT2D eigenvalue weighted by Gasteiger charge is 2.21. The summed E-state index contributed by atoms with van der Waals surface area (Å²) in [4.78, 5) is 0. The molecule has 1 aliphatic carbocycles. The van der Waals surface area contributed by atoms with Gasteiger partial charge in [0.15, 0.2) is 6.79 Å². The first-order chi connectivity index (χ1) is 8.65. The predicted octanol–water partition coefficient (Wildman–Crippen LogP) is 2.99. The highest BCUT2D eigenvalue weighted by Crippen LogP contribution is 2.29. The minimum absolute atomic E-state index is 0.134. The van der Waals surface area contributed by atoms with E-state index in [-0.39, 0.29) is 12.8 Å². The van der Waals surface area contributed by atoms with E-state index in [1.54, 1.807) is 0 Å². The molecule has 18 heavy (non-hydrogen) atoms. The monoisotopic (exact) mass is 269 g/mol. The van der Waals surface area contributed by atoms with E-state index in [1.807, 2.05) is 25.1 Å². The Hall–Kier alpha value is -0.770. The van der Waals surface area contributed by atoms with Crippen molar-refractivity contribution in [3.8, 4) is 5.75 Å². The molecule has 0 saturated heterocycles. The average Bonchev–Trinajstić information content (AvgIpc) is 3.10. The first-order valence-corrected chi connectivity index (χ1v) is 6.77. The molecule has 1 fully saturated rings. The van der Waals surface area contributed by atoms with E-state index in [0.717, 1.165) is 24.5 Å². The minimum atomic E-state index is 0.134. The van der Waals surface area contributed by atoms with E-state index in [1.165, 1.54) is 12.8 Å². The standard InChI is InChI=1S/C14H20ClNO2/c1-10(16)6-12-4-5-14(13(15)7-12)18-9-17-8-11-2-3-11/h4-5,7,10-11H,2-3,6,8-9,16H2,1H3. The Balaban J connectivity index is 1.80. The van der Waals surface area contributed by atoms with Crippen LogP contribution in [0.3, 0.4) is 0 Å². The molecule has 0 aromatic heterocycles. The zero-order valence-electron chi connectivity index (χ0n) is 10.7. The van der Waals surface area contributed by atoms with Crippen molar-refractivity contribution < 1.29 is 9.47 Å². The molecule has 0 spiro atoms. The maximum absolute atomic E-state index is 6.15. The number of rotatable bonds is 7. The van der Waals surface area contributed by atoms with Crippen LogP contribution in [0.5, 0.6) is 5.75 Å². The van der Waals surface area contributed by atoms with E-state index in [2.05, 4.69) is 0 Å². The molecule has 100 valence electrons. The maximum atomic E-state index is 6.15. The van der Waals surface area contributed by atoms with Crippen LogP contribution in [-0.2, 0) is 11.2 Å². The van der Waals surface area contributed by atoms with E-state index in [4.69, 9.17) is 26.8 Å². The summed E-state index contributed by atoms with van der Waals surface area (Å²) in [6.07, 6.45) is 3.39. The number of benzene rings is 1. The third-order valence-corrected chi connectivity index (χ3v) is 3.20. The summed E-state index contributed by atoms with van der Waals surface area (Å²) in [6.45, 7) is 3.04. The van der Waals surface area contributed by atoms with Gasteiger partial charge >= 0.3 is 0 Å². The lowest BCUT2D eigenvalue weighted by atomic mass is 10.1. The third kappa shape index (κ3) is 4.48. The molecule has 4 heteroatoms. The third-order valence-electron chi connectivity index (χ3n) is 2.90. The van der Waals surface area contributed by atoms with Crippen molar-refractivity contribution >= 4 is 11.6 Å². The molecule has 0 aliphatic heterocycles. The smallest absolute Gasteiger partial charge is 0.189 e. The van der Waals surface area contributed by atoms with Gasteiger partial charge in [-0.1, -0.05) is 17.7 Å². The van der Waals surface area contributed by atoms with Crippen LogP contribution >= 0.6 is 11.6 Å². The summed E-state index contributed by atoms with van der Waals surface area (Å²) in [5, 5.41) is 0.614. The molecule has 1 aromatic rings. The van der Waals surface area contributed by atoms with Crippen LogP contribution in [-0.4, -0.2) is 19.4 Å². The van der Waals surface area contributed by atoms with Crippen molar-refractivity contribution in [2.24, 2.45) is 11.7 Å². The summed E-state index contributed by atoms with van der Waals surface area (Å²) in [6, 6.07) is 5.90. The lowest BCUT2D eigenvalue weighted by Crippen LogP contribution is -2.17. The Kier molecular flexibility index (Phi) is 4.87. The number of nitrogens with two attached hydrogens (primary N) is 1. The van der Waals surface area contributed by atoms with Gasteiger partial charge in [-0.25, -0.2) is 0 Å². The topological polar surface area (TPSA) is 44.5 Å². The van der Waals surface area contributed by atoms with Gasteiger partial charge in [-0.05, 0) is 49.8 Å². The van der Waals surface area contributed by atoms with Crippen LogP contribution in [0.25, 0.3) is 0 Å². The molecule has 0 bridgehead atoms. The fourth-order valence-electron chi connectivity index (χ4n) is 1.76. The zero-order chi connectivity index (χ0) is 13.0. The van der Waals surface area contributed by atoms with Crippen LogP contribution in [0.4, 0.5) is 0 Å². The van der Waals surface area contributed by atoms with E-state index >= 15 is 0 Å². The highest BCUT2D eigenvalue weighted by molar-refractivity contribution is 6.32. The molecule has 0 radical (unpaired) electrons. The second kappa shape index (κ2) is 6.41. The van der Waals surface area contributed by atoms with Crippen molar-refractivity contribution in [3.05, 3.63) is 28.8 Å². The number of ether oxygens (including phenoxy) is 2. The Labute approximate surface area is 113 Å². The Morgan fingerprint density at radius 3 is 2.83 bits per heavy atom. The molecular weight excluding hydrogens is 250 g/mol. The second-order valence-corrected chi connectivity index (χ2v) is 5.43. The summed E-state index contributed by atoms with van der Waals surface area (Å²) in [5.41, 5.74) is 6.88. The minimum Gasteiger partial charge on any atom is -0.466 e. The maximum Gasteiger partial charge on any atom is 0.189 e. The normalized spacial score (nSPS) is 16.6. The van der Waals surface area contributed by atoms with Crippen LogP contribution < -0.4 is 10.5 Å². The number of halogens is 1. The van der Waals surface area contributed by atoms with Crippen molar-refractivity contribution in [1.29, 1.82) is 0 Å². The molecule has 2 N–H and O–H groups in total. The van der Waals surface area contributed by atoms with Crippen molar-refractivity contribution in [2.75, 3.05) is 13.4 Å². The lowest BCUT2D eigenvalue weighted by molar-refractivity contribution is 0.0100. The average molecular weight is 270 g/mol. The summed E-state index contributed by atoms with van der Waals surface area (Å²) < 4.78 is 10.9. The lowest BCUT2D eigenvalue weighted by Gasteiger charge is -2.11. The summed E-state index contributed by atoms with van der Waals surface area (Å²) >= 11 is 6.15.